The smallest absolute Gasteiger partial charge is 0.251 e. The Morgan fingerprint density at radius 2 is 1.70 bits per heavy atom. The van der Waals surface area contributed by atoms with E-state index in [1.54, 1.807) is 6.07 Å². The molecule has 0 aromatic heterocycles. The van der Waals surface area contributed by atoms with Crippen molar-refractivity contribution in [3.63, 3.8) is 0 Å². The van der Waals surface area contributed by atoms with E-state index < -0.39 is 0 Å². The Hall–Kier alpha value is -2.73. The lowest BCUT2D eigenvalue weighted by Crippen LogP contribution is -2.34. The van der Waals surface area contributed by atoms with Gasteiger partial charge in [-0.25, -0.2) is 4.39 Å². The SMILES string of the molecule is O=C(NCCNC(=O)c1cccc([C@@H]2CCCNC2)c1)c1ccc(F)cc1. The Kier molecular flexibility index (Phi) is 6.54. The predicted molar refractivity (Wildman–Crippen MR) is 102 cm³/mol. The van der Waals surface area contributed by atoms with Gasteiger partial charge in [0.2, 0.25) is 0 Å². The van der Waals surface area contributed by atoms with Crippen molar-refractivity contribution in [3.05, 3.63) is 71.0 Å². The summed E-state index contributed by atoms with van der Waals surface area (Å²) in [5, 5.41) is 8.91. The van der Waals surface area contributed by atoms with E-state index in [0.29, 0.717) is 30.1 Å². The van der Waals surface area contributed by atoms with Crippen molar-refractivity contribution in [3.8, 4) is 0 Å². The van der Waals surface area contributed by atoms with E-state index >= 15 is 0 Å². The molecule has 27 heavy (non-hydrogen) atoms. The van der Waals surface area contributed by atoms with Gasteiger partial charge in [-0.1, -0.05) is 12.1 Å². The highest BCUT2D eigenvalue weighted by atomic mass is 19.1. The van der Waals surface area contributed by atoms with Crippen molar-refractivity contribution in [2.24, 2.45) is 0 Å². The molecule has 6 heteroatoms. The number of amides is 2. The number of rotatable bonds is 6. The second-order valence-electron chi connectivity index (χ2n) is 6.69. The van der Waals surface area contributed by atoms with Gasteiger partial charge in [-0.3, -0.25) is 9.59 Å². The van der Waals surface area contributed by atoms with E-state index in [1.807, 2.05) is 12.1 Å². The van der Waals surface area contributed by atoms with Crippen molar-refractivity contribution < 1.29 is 14.0 Å². The fourth-order valence-corrected chi connectivity index (χ4v) is 3.23. The zero-order valence-corrected chi connectivity index (χ0v) is 15.1. The molecule has 3 N–H and O–H groups in total. The number of hydrogen-bond acceptors (Lipinski definition) is 3. The molecule has 0 spiro atoms. The largest absolute Gasteiger partial charge is 0.350 e. The summed E-state index contributed by atoms with van der Waals surface area (Å²) >= 11 is 0. The molecule has 1 aliphatic rings. The summed E-state index contributed by atoms with van der Waals surface area (Å²) < 4.78 is 12.9. The highest BCUT2D eigenvalue weighted by Gasteiger charge is 2.16. The summed E-state index contributed by atoms with van der Waals surface area (Å²) in [4.78, 5) is 24.3. The summed E-state index contributed by atoms with van der Waals surface area (Å²) in [6.07, 6.45) is 2.28. The minimum absolute atomic E-state index is 0.156. The van der Waals surface area contributed by atoms with Gasteiger partial charge in [0, 0.05) is 30.8 Å². The van der Waals surface area contributed by atoms with Gasteiger partial charge in [-0.05, 0) is 67.3 Å². The minimum Gasteiger partial charge on any atom is -0.350 e. The van der Waals surface area contributed by atoms with Crippen molar-refractivity contribution in [1.29, 1.82) is 0 Å². The van der Waals surface area contributed by atoms with Crippen LogP contribution < -0.4 is 16.0 Å². The van der Waals surface area contributed by atoms with E-state index in [-0.39, 0.29) is 17.6 Å². The quantitative estimate of drug-likeness (QED) is 0.685. The highest BCUT2D eigenvalue weighted by molar-refractivity contribution is 5.95. The lowest BCUT2D eigenvalue weighted by Gasteiger charge is -2.23. The van der Waals surface area contributed by atoms with Gasteiger partial charge in [0.25, 0.3) is 11.8 Å². The van der Waals surface area contributed by atoms with Crippen molar-refractivity contribution >= 4 is 11.8 Å². The maximum Gasteiger partial charge on any atom is 0.251 e. The number of nitrogens with one attached hydrogen (secondary N) is 3. The first-order valence-corrected chi connectivity index (χ1v) is 9.26. The van der Waals surface area contributed by atoms with Crippen molar-refractivity contribution in [2.45, 2.75) is 18.8 Å². The van der Waals surface area contributed by atoms with E-state index in [9.17, 15) is 14.0 Å². The van der Waals surface area contributed by atoms with Crippen LogP contribution in [0.5, 0.6) is 0 Å². The Morgan fingerprint density at radius 3 is 2.37 bits per heavy atom. The number of carbonyl (C=O) groups is 2. The molecule has 5 nitrogen and oxygen atoms in total. The van der Waals surface area contributed by atoms with Crippen LogP contribution in [-0.4, -0.2) is 38.0 Å². The summed E-state index contributed by atoms with van der Waals surface area (Å²) in [7, 11) is 0. The molecule has 1 fully saturated rings. The molecule has 1 heterocycles. The first-order chi connectivity index (χ1) is 13.1. The summed E-state index contributed by atoms with van der Waals surface area (Å²) in [6.45, 7) is 2.62. The van der Waals surface area contributed by atoms with Gasteiger partial charge in [0.05, 0.1) is 0 Å². The van der Waals surface area contributed by atoms with Gasteiger partial charge >= 0.3 is 0 Å². The van der Waals surface area contributed by atoms with E-state index in [1.165, 1.54) is 29.8 Å². The maximum absolute atomic E-state index is 12.9. The van der Waals surface area contributed by atoms with Gasteiger partial charge < -0.3 is 16.0 Å². The van der Waals surface area contributed by atoms with Crippen LogP contribution in [0.15, 0.2) is 48.5 Å². The topological polar surface area (TPSA) is 70.2 Å². The predicted octanol–water partition coefficient (Wildman–Crippen LogP) is 2.45. The van der Waals surface area contributed by atoms with Crippen LogP contribution in [-0.2, 0) is 0 Å². The molecule has 2 amide bonds. The van der Waals surface area contributed by atoms with Crippen LogP contribution in [0.1, 0.15) is 45.0 Å². The van der Waals surface area contributed by atoms with Crippen LogP contribution in [0.3, 0.4) is 0 Å². The average molecular weight is 369 g/mol. The molecule has 0 saturated carbocycles. The van der Waals surface area contributed by atoms with Crippen LogP contribution in [0.25, 0.3) is 0 Å². The van der Waals surface area contributed by atoms with Gasteiger partial charge in [0.1, 0.15) is 5.82 Å². The number of halogens is 1. The first kappa shape index (κ1) is 19.0. The van der Waals surface area contributed by atoms with E-state index in [2.05, 4.69) is 22.0 Å². The lowest BCUT2D eigenvalue weighted by molar-refractivity contribution is 0.0927. The molecular weight excluding hydrogens is 345 g/mol. The zero-order valence-electron chi connectivity index (χ0n) is 15.1. The summed E-state index contributed by atoms with van der Waals surface area (Å²) in [6, 6.07) is 13.1. The van der Waals surface area contributed by atoms with Crippen LogP contribution in [0.2, 0.25) is 0 Å². The van der Waals surface area contributed by atoms with Gasteiger partial charge in [-0.2, -0.15) is 0 Å². The molecule has 1 aliphatic heterocycles. The Balaban J connectivity index is 1.46. The second-order valence-corrected chi connectivity index (χ2v) is 6.69. The number of piperidine rings is 1. The summed E-state index contributed by atoms with van der Waals surface area (Å²) in [5.41, 5.74) is 2.19. The third-order valence-corrected chi connectivity index (χ3v) is 4.72. The molecule has 0 radical (unpaired) electrons. The van der Waals surface area contributed by atoms with Crippen LogP contribution in [0, 0.1) is 5.82 Å². The molecule has 2 aromatic carbocycles. The molecular formula is C21H24FN3O2. The average Bonchev–Trinajstić information content (AvgIpc) is 2.72. The molecule has 0 bridgehead atoms. The number of hydrogen-bond donors (Lipinski definition) is 3. The standard InChI is InChI=1S/C21H24FN3O2/c22-19-8-6-15(7-9-19)20(26)24-11-12-25-21(27)17-4-1-3-16(13-17)18-5-2-10-23-14-18/h1,3-4,6-9,13,18,23H,2,5,10-12,14H2,(H,24,26)(H,25,27)/t18-/m1/s1. The van der Waals surface area contributed by atoms with Crippen molar-refractivity contribution in [2.75, 3.05) is 26.2 Å². The zero-order chi connectivity index (χ0) is 19.1. The third kappa shape index (κ3) is 5.37. The summed E-state index contributed by atoms with van der Waals surface area (Å²) in [5.74, 6) is -0.390. The molecule has 142 valence electrons. The second kappa shape index (κ2) is 9.28. The Labute approximate surface area is 158 Å². The fourth-order valence-electron chi connectivity index (χ4n) is 3.23. The minimum atomic E-state index is -0.384. The number of carbonyl (C=O) groups excluding carboxylic acids is 2. The monoisotopic (exact) mass is 369 g/mol. The third-order valence-electron chi connectivity index (χ3n) is 4.72. The normalized spacial score (nSPS) is 16.6. The number of benzene rings is 2. The Morgan fingerprint density at radius 1 is 1.00 bits per heavy atom. The molecule has 1 atom stereocenters. The van der Waals surface area contributed by atoms with Crippen LogP contribution in [0.4, 0.5) is 4.39 Å². The van der Waals surface area contributed by atoms with Gasteiger partial charge in [0.15, 0.2) is 0 Å². The van der Waals surface area contributed by atoms with Crippen LogP contribution >= 0.6 is 0 Å². The van der Waals surface area contributed by atoms with E-state index in [4.69, 9.17) is 0 Å². The molecule has 2 aromatic rings. The van der Waals surface area contributed by atoms with Gasteiger partial charge in [-0.15, -0.1) is 0 Å². The Bertz CT molecular complexity index is 786. The molecule has 1 saturated heterocycles. The lowest BCUT2D eigenvalue weighted by atomic mass is 9.90. The maximum atomic E-state index is 12.9. The molecule has 0 unspecified atom stereocenters. The highest BCUT2D eigenvalue weighted by Crippen LogP contribution is 2.23. The first-order valence-electron chi connectivity index (χ1n) is 9.26. The molecule has 0 aliphatic carbocycles. The van der Waals surface area contributed by atoms with Crippen molar-refractivity contribution in [1.82, 2.24) is 16.0 Å². The fraction of sp³-hybridized carbons (Fsp3) is 0.333. The molecule has 3 rings (SSSR count). The van der Waals surface area contributed by atoms with E-state index in [0.717, 1.165) is 25.9 Å².